The van der Waals surface area contributed by atoms with Crippen LogP contribution >= 0.6 is 11.6 Å². The lowest BCUT2D eigenvalue weighted by molar-refractivity contribution is 0.387. The molecular formula is C14H22ClNO. The topological polar surface area (TPSA) is 35.2 Å². The van der Waals surface area contributed by atoms with Gasteiger partial charge in [-0.2, -0.15) is 0 Å². The first-order valence-corrected chi connectivity index (χ1v) is 6.47. The predicted molar refractivity (Wildman–Crippen MR) is 73.7 cm³/mol. The van der Waals surface area contributed by atoms with Gasteiger partial charge in [0.05, 0.1) is 7.11 Å². The largest absolute Gasteiger partial charge is 0.496 e. The van der Waals surface area contributed by atoms with Crippen LogP contribution in [0.2, 0.25) is 5.02 Å². The molecule has 0 aliphatic carbocycles. The first-order valence-electron chi connectivity index (χ1n) is 6.09. The molecule has 96 valence electrons. The minimum absolute atomic E-state index is 0.488. The number of hydrogen-bond donors (Lipinski definition) is 1. The van der Waals surface area contributed by atoms with Crippen molar-refractivity contribution in [1.29, 1.82) is 0 Å². The SMILES string of the molecule is COc1ccc(Cl)cc1CC(CN)CC(C)C. The minimum Gasteiger partial charge on any atom is -0.496 e. The molecule has 3 heteroatoms. The molecule has 0 radical (unpaired) electrons. The molecule has 1 unspecified atom stereocenters. The van der Waals surface area contributed by atoms with Gasteiger partial charge >= 0.3 is 0 Å². The molecule has 0 bridgehead atoms. The fraction of sp³-hybridized carbons (Fsp3) is 0.571. The summed E-state index contributed by atoms with van der Waals surface area (Å²) in [5.74, 6) is 2.05. The van der Waals surface area contributed by atoms with Crippen LogP contribution in [0.5, 0.6) is 5.75 Å². The highest BCUT2D eigenvalue weighted by Crippen LogP contribution is 2.26. The van der Waals surface area contributed by atoms with Gasteiger partial charge in [0.1, 0.15) is 5.75 Å². The molecule has 1 atom stereocenters. The van der Waals surface area contributed by atoms with Crippen molar-refractivity contribution in [1.82, 2.24) is 0 Å². The summed E-state index contributed by atoms with van der Waals surface area (Å²) in [6, 6.07) is 5.74. The maximum Gasteiger partial charge on any atom is 0.122 e. The third kappa shape index (κ3) is 4.57. The lowest BCUT2D eigenvalue weighted by atomic mass is 9.91. The Morgan fingerprint density at radius 3 is 2.59 bits per heavy atom. The quantitative estimate of drug-likeness (QED) is 0.844. The molecular weight excluding hydrogens is 234 g/mol. The summed E-state index contributed by atoms with van der Waals surface area (Å²) < 4.78 is 5.35. The second-order valence-electron chi connectivity index (χ2n) is 4.89. The fourth-order valence-electron chi connectivity index (χ4n) is 2.15. The molecule has 0 saturated heterocycles. The Balaban J connectivity index is 2.80. The highest BCUT2D eigenvalue weighted by Gasteiger charge is 2.13. The van der Waals surface area contributed by atoms with Gasteiger partial charge in [0.15, 0.2) is 0 Å². The standard InChI is InChI=1S/C14H22ClNO/c1-10(2)6-11(9-16)7-12-8-13(15)4-5-14(12)17-3/h4-5,8,10-11H,6-7,9,16H2,1-3H3. The molecule has 0 aromatic heterocycles. The number of benzene rings is 1. The van der Waals surface area contributed by atoms with Crippen molar-refractivity contribution in [3.8, 4) is 5.75 Å². The summed E-state index contributed by atoms with van der Waals surface area (Å²) in [7, 11) is 1.69. The molecule has 0 spiro atoms. The third-order valence-electron chi connectivity index (χ3n) is 2.89. The van der Waals surface area contributed by atoms with Crippen LogP contribution in [0.3, 0.4) is 0 Å². The summed E-state index contributed by atoms with van der Waals surface area (Å²) >= 11 is 6.02. The zero-order valence-corrected chi connectivity index (χ0v) is 11.6. The molecule has 0 amide bonds. The van der Waals surface area contributed by atoms with Crippen molar-refractivity contribution in [2.24, 2.45) is 17.6 Å². The summed E-state index contributed by atoms with van der Waals surface area (Å²) in [4.78, 5) is 0. The van der Waals surface area contributed by atoms with Crippen LogP contribution in [0, 0.1) is 11.8 Å². The first kappa shape index (κ1) is 14.3. The highest BCUT2D eigenvalue weighted by molar-refractivity contribution is 6.30. The second-order valence-corrected chi connectivity index (χ2v) is 5.33. The van der Waals surface area contributed by atoms with E-state index in [1.165, 1.54) is 0 Å². The monoisotopic (exact) mass is 255 g/mol. The van der Waals surface area contributed by atoms with Gasteiger partial charge in [-0.15, -0.1) is 0 Å². The Labute approximate surface area is 109 Å². The van der Waals surface area contributed by atoms with Crippen molar-refractivity contribution in [2.75, 3.05) is 13.7 Å². The van der Waals surface area contributed by atoms with Gasteiger partial charge in [-0.25, -0.2) is 0 Å². The van der Waals surface area contributed by atoms with Crippen LogP contribution < -0.4 is 10.5 Å². The Bertz CT molecular complexity index is 352. The van der Waals surface area contributed by atoms with E-state index in [-0.39, 0.29) is 0 Å². The van der Waals surface area contributed by atoms with E-state index in [4.69, 9.17) is 22.1 Å². The first-order chi connectivity index (χ1) is 8.06. The Morgan fingerprint density at radius 1 is 1.35 bits per heavy atom. The maximum atomic E-state index is 6.02. The number of halogens is 1. The maximum absolute atomic E-state index is 6.02. The number of ether oxygens (including phenoxy) is 1. The Morgan fingerprint density at radius 2 is 2.06 bits per heavy atom. The smallest absolute Gasteiger partial charge is 0.122 e. The number of methoxy groups -OCH3 is 1. The van der Waals surface area contributed by atoms with Gasteiger partial charge in [-0.3, -0.25) is 0 Å². The normalized spacial score (nSPS) is 12.8. The van der Waals surface area contributed by atoms with Crippen LogP contribution in [0.25, 0.3) is 0 Å². The predicted octanol–water partition coefficient (Wildman–Crippen LogP) is 3.51. The van der Waals surface area contributed by atoms with Crippen LogP contribution in [-0.2, 0) is 6.42 Å². The zero-order valence-electron chi connectivity index (χ0n) is 10.9. The van der Waals surface area contributed by atoms with Gasteiger partial charge in [-0.05, 0) is 55.0 Å². The van der Waals surface area contributed by atoms with E-state index >= 15 is 0 Å². The van der Waals surface area contributed by atoms with Crippen LogP contribution in [0.4, 0.5) is 0 Å². The number of rotatable bonds is 6. The van der Waals surface area contributed by atoms with Gasteiger partial charge in [0.2, 0.25) is 0 Å². The molecule has 0 fully saturated rings. The lowest BCUT2D eigenvalue weighted by Crippen LogP contribution is -2.19. The number of nitrogens with two attached hydrogens (primary N) is 1. The zero-order chi connectivity index (χ0) is 12.8. The van der Waals surface area contributed by atoms with Crippen molar-refractivity contribution in [3.05, 3.63) is 28.8 Å². The van der Waals surface area contributed by atoms with E-state index in [1.54, 1.807) is 7.11 Å². The lowest BCUT2D eigenvalue weighted by Gasteiger charge is -2.18. The average Bonchev–Trinajstić information content (AvgIpc) is 2.28. The van der Waals surface area contributed by atoms with Crippen molar-refractivity contribution in [2.45, 2.75) is 26.7 Å². The summed E-state index contributed by atoms with van der Waals surface area (Å²) in [5.41, 5.74) is 6.97. The molecule has 2 N–H and O–H groups in total. The van der Waals surface area contributed by atoms with Crippen LogP contribution in [0.1, 0.15) is 25.8 Å². The molecule has 1 rings (SSSR count). The summed E-state index contributed by atoms with van der Waals surface area (Å²) in [6.45, 7) is 5.14. The average molecular weight is 256 g/mol. The summed E-state index contributed by atoms with van der Waals surface area (Å²) in [5, 5.41) is 0.751. The van der Waals surface area contributed by atoms with Crippen LogP contribution in [-0.4, -0.2) is 13.7 Å². The molecule has 17 heavy (non-hydrogen) atoms. The third-order valence-corrected chi connectivity index (χ3v) is 3.12. The van der Waals surface area contributed by atoms with Gasteiger partial charge in [0, 0.05) is 5.02 Å². The summed E-state index contributed by atoms with van der Waals surface area (Å²) in [6.07, 6.45) is 2.06. The van der Waals surface area contributed by atoms with E-state index in [0.29, 0.717) is 18.4 Å². The second kappa shape index (κ2) is 6.87. The van der Waals surface area contributed by atoms with Crippen molar-refractivity contribution in [3.63, 3.8) is 0 Å². The Hall–Kier alpha value is -0.730. The van der Waals surface area contributed by atoms with Crippen LogP contribution in [0.15, 0.2) is 18.2 Å². The molecule has 1 aromatic rings. The van der Waals surface area contributed by atoms with Gasteiger partial charge in [-0.1, -0.05) is 25.4 Å². The fourth-order valence-corrected chi connectivity index (χ4v) is 2.34. The van der Waals surface area contributed by atoms with Crippen molar-refractivity contribution < 1.29 is 4.74 Å². The van der Waals surface area contributed by atoms with Gasteiger partial charge < -0.3 is 10.5 Å². The van der Waals surface area contributed by atoms with E-state index in [1.807, 2.05) is 18.2 Å². The molecule has 0 aliphatic heterocycles. The van der Waals surface area contributed by atoms with E-state index in [0.717, 1.165) is 29.2 Å². The molecule has 1 aromatic carbocycles. The van der Waals surface area contributed by atoms with Gasteiger partial charge in [0.25, 0.3) is 0 Å². The molecule has 2 nitrogen and oxygen atoms in total. The van der Waals surface area contributed by atoms with E-state index in [9.17, 15) is 0 Å². The van der Waals surface area contributed by atoms with Crippen molar-refractivity contribution >= 4 is 11.6 Å². The molecule has 0 aliphatic rings. The minimum atomic E-state index is 0.488. The Kier molecular flexibility index (Phi) is 5.79. The van der Waals surface area contributed by atoms with E-state index in [2.05, 4.69) is 13.8 Å². The number of hydrogen-bond acceptors (Lipinski definition) is 2. The van der Waals surface area contributed by atoms with E-state index < -0.39 is 0 Å². The molecule has 0 heterocycles. The molecule has 0 saturated carbocycles. The highest BCUT2D eigenvalue weighted by atomic mass is 35.5.